The SMILES string of the molecule is C/C=C/CCCOc1ccc[c]c1F. The lowest BCUT2D eigenvalue weighted by molar-refractivity contribution is 0.296. The molecule has 2 heteroatoms. The topological polar surface area (TPSA) is 9.23 Å². The molecule has 0 aliphatic rings. The first-order valence-corrected chi connectivity index (χ1v) is 4.74. The number of allylic oxidation sites excluding steroid dienone is 2. The summed E-state index contributed by atoms with van der Waals surface area (Å²) in [6, 6.07) is 7.30. The van der Waals surface area contributed by atoms with Gasteiger partial charge in [-0.3, -0.25) is 0 Å². The van der Waals surface area contributed by atoms with Crippen LogP contribution >= 0.6 is 0 Å². The molecule has 75 valence electrons. The molecule has 1 radical (unpaired) electrons. The van der Waals surface area contributed by atoms with Crippen LogP contribution in [0.25, 0.3) is 0 Å². The highest BCUT2D eigenvalue weighted by molar-refractivity contribution is 5.22. The molecular weight excluding hydrogens is 179 g/mol. The lowest BCUT2D eigenvalue weighted by Crippen LogP contribution is -1.98. The van der Waals surface area contributed by atoms with Gasteiger partial charge in [0.2, 0.25) is 0 Å². The highest BCUT2D eigenvalue weighted by Gasteiger charge is 1.99. The van der Waals surface area contributed by atoms with Crippen LogP contribution in [0.4, 0.5) is 4.39 Å². The van der Waals surface area contributed by atoms with Crippen molar-refractivity contribution in [3.63, 3.8) is 0 Å². The van der Waals surface area contributed by atoms with Gasteiger partial charge < -0.3 is 4.74 Å². The van der Waals surface area contributed by atoms with E-state index in [1.165, 1.54) is 6.07 Å². The van der Waals surface area contributed by atoms with Gasteiger partial charge in [0.15, 0.2) is 11.6 Å². The Kier molecular flexibility index (Phi) is 4.76. The highest BCUT2D eigenvalue weighted by Crippen LogP contribution is 2.14. The number of halogens is 1. The third-order valence-electron chi connectivity index (χ3n) is 1.78. The normalized spacial score (nSPS) is 10.7. The second kappa shape index (κ2) is 6.19. The van der Waals surface area contributed by atoms with Gasteiger partial charge in [-0.05, 0) is 25.8 Å². The molecule has 0 aliphatic heterocycles. The summed E-state index contributed by atoms with van der Waals surface area (Å²) < 4.78 is 18.2. The van der Waals surface area contributed by atoms with Gasteiger partial charge in [-0.2, -0.15) is 0 Å². The maximum absolute atomic E-state index is 13.0. The maximum Gasteiger partial charge on any atom is 0.172 e. The van der Waals surface area contributed by atoms with Crippen molar-refractivity contribution in [2.24, 2.45) is 0 Å². The summed E-state index contributed by atoms with van der Waals surface area (Å²) in [6.07, 6.45) is 5.93. The van der Waals surface area contributed by atoms with Crippen LogP contribution in [-0.2, 0) is 0 Å². The summed E-state index contributed by atoms with van der Waals surface area (Å²) in [4.78, 5) is 0. The summed E-state index contributed by atoms with van der Waals surface area (Å²) in [6.45, 7) is 2.52. The number of ether oxygens (including phenoxy) is 1. The van der Waals surface area contributed by atoms with E-state index in [4.69, 9.17) is 4.74 Å². The van der Waals surface area contributed by atoms with E-state index < -0.39 is 5.82 Å². The average molecular weight is 193 g/mol. The van der Waals surface area contributed by atoms with Gasteiger partial charge in [-0.15, -0.1) is 0 Å². The third-order valence-corrected chi connectivity index (χ3v) is 1.78. The molecule has 1 aromatic carbocycles. The van der Waals surface area contributed by atoms with Crippen LogP contribution in [0, 0.1) is 11.9 Å². The first-order chi connectivity index (χ1) is 6.84. The molecule has 0 saturated carbocycles. The predicted octanol–water partition coefficient (Wildman–Crippen LogP) is 3.36. The van der Waals surface area contributed by atoms with E-state index in [-0.39, 0.29) is 5.75 Å². The van der Waals surface area contributed by atoms with E-state index >= 15 is 0 Å². The minimum atomic E-state index is -0.418. The van der Waals surface area contributed by atoms with Crippen molar-refractivity contribution in [2.45, 2.75) is 19.8 Å². The Balaban J connectivity index is 2.28. The largest absolute Gasteiger partial charge is 0.490 e. The van der Waals surface area contributed by atoms with E-state index in [0.29, 0.717) is 6.61 Å². The van der Waals surface area contributed by atoms with Crippen LogP contribution in [0.3, 0.4) is 0 Å². The minimum absolute atomic E-state index is 0.285. The molecule has 0 N–H and O–H groups in total. The number of hydrogen-bond acceptors (Lipinski definition) is 1. The molecule has 0 aliphatic carbocycles. The zero-order valence-electron chi connectivity index (χ0n) is 8.29. The molecule has 0 saturated heterocycles. The molecule has 0 aromatic heterocycles. The number of benzene rings is 1. The molecule has 0 spiro atoms. The van der Waals surface area contributed by atoms with Crippen molar-refractivity contribution in [1.29, 1.82) is 0 Å². The van der Waals surface area contributed by atoms with E-state index in [0.717, 1.165) is 12.8 Å². The van der Waals surface area contributed by atoms with Crippen LogP contribution in [-0.4, -0.2) is 6.61 Å². The Morgan fingerprint density at radius 1 is 1.57 bits per heavy atom. The van der Waals surface area contributed by atoms with Gasteiger partial charge in [0, 0.05) is 6.07 Å². The molecular formula is C12H14FO. The van der Waals surface area contributed by atoms with Crippen molar-refractivity contribution < 1.29 is 9.13 Å². The smallest absolute Gasteiger partial charge is 0.172 e. The van der Waals surface area contributed by atoms with E-state index in [2.05, 4.69) is 12.1 Å². The first-order valence-electron chi connectivity index (χ1n) is 4.74. The number of unbranched alkanes of at least 4 members (excludes halogenated alkanes) is 1. The van der Waals surface area contributed by atoms with E-state index in [1.807, 2.05) is 13.0 Å². The lowest BCUT2D eigenvalue weighted by atomic mass is 10.3. The average Bonchev–Trinajstić information content (AvgIpc) is 2.20. The fraction of sp³-hybridized carbons (Fsp3) is 0.333. The second-order valence-electron chi connectivity index (χ2n) is 2.91. The van der Waals surface area contributed by atoms with Gasteiger partial charge in [-0.1, -0.05) is 24.3 Å². The zero-order chi connectivity index (χ0) is 10.2. The van der Waals surface area contributed by atoms with Crippen molar-refractivity contribution in [1.82, 2.24) is 0 Å². The van der Waals surface area contributed by atoms with Crippen LogP contribution in [0.5, 0.6) is 5.75 Å². The fourth-order valence-corrected chi connectivity index (χ4v) is 1.06. The Morgan fingerprint density at radius 3 is 3.14 bits per heavy atom. The summed E-state index contributed by atoms with van der Waals surface area (Å²) >= 11 is 0. The molecule has 0 fully saturated rings. The number of hydrogen-bond donors (Lipinski definition) is 0. The van der Waals surface area contributed by atoms with Crippen LogP contribution in [0.15, 0.2) is 30.4 Å². The third kappa shape index (κ3) is 3.60. The summed E-state index contributed by atoms with van der Waals surface area (Å²) in [5.41, 5.74) is 0. The fourth-order valence-electron chi connectivity index (χ4n) is 1.06. The van der Waals surface area contributed by atoms with Gasteiger partial charge in [0.1, 0.15) is 0 Å². The minimum Gasteiger partial charge on any atom is -0.490 e. The summed E-state index contributed by atoms with van der Waals surface area (Å²) in [7, 11) is 0. The Bertz CT molecular complexity index is 294. The highest BCUT2D eigenvalue weighted by atomic mass is 19.1. The molecule has 1 nitrogen and oxygen atoms in total. The predicted molar refractivity (Wildman–Crippen MR) is 54.8 cm³/mol. The van der Waals surface area contributed by atoms with Crippen LogP contribution < -0.4 is 4.74 Å². The van der Waals surface area contributed by atoms with Gasteiger partial charge >= 0.3 is 0 Å². The molecule has 1 aromatic rings. The van der Waals surface area contributed by atoms with Crippen LogP contribution in [0.1, 0.15) is 19.8 Å². The van der Waals surface area contributed by atoms with Gasteiger partial charge in [0.05, 0.1) is 6.61 Å². The monoisotopic (exact) mass is 193 g/mol. The molecule has 0 amide bonds. The van der Waals surface area contributed by atoms with Crippen molar-refractivity contribution >= 4 is 0 Å². The standard InChI is InChI=1S/C12H14FO/c1-2-3-4-7-10-14-12-9-6-5-8-11(12)13/h2-3,5-6,9H,4,7,10H2,1H3/b3-2+. The molecule has 0 bridgehead atoms. The summed E-state index contributed by atoms with van der Waals surface area (Å²) in [5.74, 6) is -0.133. The summed E-state index contributed by atoms with van der Waals surface area (Å²) in [5, 5.41) is 0. The van der Waals surface area contributed by atoms with Crippen LogP contribution in [0.2, 0.25) is 0 Å². The molecule has 1 rings (SSSR count). The maximum atomic E-state index is 13.0. The Hall–Kier alpha value is -1.31. The molecule has 0 atom stereocenters. The lowest BCUT2D eigenvalue weighted by Gasteiger charge is -2.04. The van der Waals surface area contributed by atoms with Gasteiger partial charge in [0.25, 0.3) is 0 Å². The second-order valence-corrected chi connectivity index (χ2v) is 2.91. The Labute approximate surface area is 84.2 Å². The first kappa shape index (κ1) is 10.8. The quantitative estimate of drug-likeness (QED) is 0.514. The molecule has 0 heterocycles. The van der Waals surface area contributed by atoms with Crippen molar-refractivity contribution in [3.8, 4) is 5.75 Å². The zero-order valence-corrected chi connectivity index (χ0v) is 8.29. The van der Waals surface area contributed by atoms with Crippen molar-refractivity contribution in [2.75, 3.05) is 6.61 Å². The van der Waals surface area contributed by atoms with Crippen molar-refractivity contribution in [3.05, 3.63) is 42.2 Å². The Morgan fingerprint density at radius 2 is 2.43 bits per heavy atom. The van der Waals surface area contributed by atoms with Gasteiger partial charge in [-0.25, -0.2) is 4.39 Å². The molecule has 14 heavy (non-hydrogen) atoms. The van der Waals surface area contributed by atoms with E-state index in [1.54, 1.807) is 12.1 Å². The number of rotatable bonds is 5. The van der Waals surface area contributed by atoms with E-state index in [9.17, 15) is 4.39 Å². The molecule has 0 unspecified atom stereocenters.